The second-order valence-electron chi connectivity index (χ2n) is 7.50. The zero-order valence-corrected chi connectivity index (χ0v) is 16.1. The maximum absolute atomic E-state index is 10.7. The number of benzene rings is 2. The van der Waals surface area contributed by atoms with E-state index in [2.05, 4.69) is 34.9 Å². The molecule has 0 unspecified atom stereocenters. The van der Waals surface area contributed by atoms with Gasteiger partial charge in [-0.25, -0.2) is 0 Å². The Balaban J connectivity index is 1.33. The minimum atomic E-state index is -0.463. The molecule has 0 aromatic heterocycles. The summed E-state index contributed by atoms with van der Waals surface area (Å²) in [5.74, 6) is 1.85. The Morgan fingerprint density at radius 2 is 1.96 bits per heavy atom. The van der Waals surface area contributed by atoms with Crippen molar-refractivity contribution in [3.63, 3.8) is 0 Å². The van der Waals surface area contributed by atoms with Gasteiger partial charge in [0.05, 0.1) is 13.2 Å². The van der Waals surface area contributed by atoms with Crippen LogP contribution in [0, 0.1) is 0 Å². The fourth-order valence-corrected chi connectivity index (χ4v) is 4.00. The van der Waals surface area contributed by atoms with Gasteiger partial charge < -0.3 is 19.5 Å². The number of piperazine rings is 1. The minimum Gasteiger partial charge on any atom is -0.497 e. The zero-order chi connectivity index (χ0) is 18.8. The van der Waals surface area contributed by atoms with Crippen LogP contribution in [0.4, 0.5) is 5.69 Å². The van der Waals surface area contributed by atoms with Gasteiger partial charge in [0.2, 0.25) is 0 Å². The van der Waals surface area contributed by atoms with Crippen molar-refractivity contribution in [2.24, 2.45) is 0 Å². The highest BCUT2D eigenvalue weighted by molar-refractivity contribution is 5.51. The maximum atomic E-state index is 10.7. The summed E-state index contributed by atoms with van der Waals surface area (Å²) in [5.41, 5.74) is 3.39. The Morgan fingerprint density at radius 1 is 1.15 bits per heavy atom. The van der Waals surface area contributed by atoms with Crippen molar-refractivity contribution in [1.29, 1.82) is 0 Å². The molecule has 0 spiro atoms. The smallest absolute Gasteiger partial charge is 0.123 e. The lowest BCUT2D eigenvalue weighted by atomic mass is 10.0. The molecule has 5 heteroatoms. The number of rotatable bonds is 5. The third-order valence-corrected chi connectivity index (χ3v) is 5.53. The molecule has 4 rings (SSSR count). The van der Waals surface area contributed by atoms with Gasteiger partial charge in [0.1, 0.15) is 17.6 Å². The molecule has 0 bridgehead atoms. The maximum Gasteiger partial charge on any atom is 0.123 e. The Bertz CT molecular complexity index is 787. The minimum absolute atomic E-state index is 0.233. The molecule has 2 heterocycles. The number of hydrogen-bond donors (Lipinski definition) is 1. The van der Waals surface area contributed by atoms with E-state index in [1.165, 1.54) is 11.3 Å². The molecule has 1 saturated heterocycles. The molecule has 144 valence electrons. The molecular weight excluding hydrogens is 340 g/mol. The van der Waals surface area contributed by atoms with E-state index in [9.17, 15) is 5.11 Å². The van der Waals surface area contributed by atoms with Crippen molar-refractivity contribution >= 4 is 5.69 Å². The second kappa shape index (κ2) is 7.79. The third-order valence-electron chi connectivity index (χ3n) is 5.53. The van der Waals surface area contributed by atoms with Crippen LogP contribution in [0.2, 0.25) is 0 Å². The van der Waals surface area contributed by atoms with E-state index in [-0.39, 0.29) is 6.10 Å². The SMILES string of the molecule is COc1cccc(N2CCN(C[C@@H](O)c3ccc4c(c3)C[C@H](C)O4)CC2)c1. The van der Waals surface area contributed by atoms with Crippen LogP contribution in [-0.2, 0) is 6.42 Å². The number of hydrogen-bond acceptors (Lipinski definition) is 5. The van der Waals surface area contributed by atoms with Gasteiger partial charge in [-0.3, -0.25) is 4.90 Å². The largest absolute Gasteiger partial charge is 0.497 e. The van der Waals surface area contributed by atoms with Gasteiger partial charge in [-0.05, 0) is 42.3 Å². The molecule has 0 amide bonds. The van der Waals surface area contributed by atoms with Crippen LogP contribution < -0.4 is 14.4 Å². The highest BCUT2D eigenvalue weighted by Crippen LogP contribution is 2.31. The van der Waals surface area contributed by atoms with E-state index in [1.807, 2.05) is 24.3 Å². The lowest BCUT2D eigenvalue weighted by molar-refractivity contribution is 0.109. The molecule has 27 heavy (non-hydrogen) atoms. The average Bonchev–Trinajstić information content (AvgIpc) is 3.07. The summed E-state index contributed by atoms with van der Waals surface area (Å²) in [7, 11) is 1.70. The molecular formula is C22H28N2O3. The zero-order valence-electron chi connectivity index (χ0n) is 16.1. The Morgan fingerprint density at radius 3 is 2.74 bits per heavy atom. The molecule has 2 aromatic carbocycles. The fourth-order valence-electron chi connectivity index (χ4n) is 4.00. The van der Waals surface area contributed by atoms with E-state index in [0.717, 1.165) is 49.7 Å². The normalized spacial score (nSPS) is 20.9. The van der Waals surface area contributed by atoms with E-state index in [1.54, 1.807) is 7.11 Å². The van der Waals surface area contributed by atoms with Crippen molar-refractivity contribution < 1.29 is 14.6 Å². The number of nitrogens with zero attached hydrogens (tertiary/aromatic N) is 2. The van der Waals surface area contributed by atoms with Crippen LogP contribution in [0.1, 0.15) is 24.2 Å². The first-order valence-electron chi connectivity index (χ1n) is 9.71. The molecule has 1 fully saturated rings. The van der Waals surface area contributed by atoms with Crippen molar-refractivity contribution in [1.82, 2.24) is 4.90 Å². The van der Waals surface area contributed by atoms with Crippen LogP contribution in [0.15, 0.2) is 42.5 Å². The average molecular weight is 368 g/mol. The van der Waals surface area contributed by atoms with Gasteiger partial charge in [-0.2, -0.15) is 0 Å². The summed E-state index contributed by atoms with van der Waals surface area (Å²) in [4.78, 5) is 4.72. The monoisotopic (exact) mass is 368 g/mol. The summed E-state index contributed by atoms with van der Waals surface area (Å²) >= 11 is 0. The first kappa shape index (κ1) is 18.1. The molecule has 5 nitrogen and oxygen atoms in total. The van der Waals surface area contributed by atoms with Gasteiger partial charge in [0, 0.05) is 50.9 Å². The molecule has 0 saturated carbocycles. The molecule has 2 aliphatic heterocycles. The van der Waals surface area contributed by atoms with Gasteiger partial charge >= 0.3 is 0 Å². The van der Waals surface area contributed by atoms with Crippen LogP contribution in [-0.4, -0.2) is 55.9 Å². The van der Waals surface area contributed by atoms with Crippen molar-refractivity contribution in [3.8, 4) is 11.5 Å². The molecule has 2 atom stereocenters. The van der Waals surface area contributed by atoms with Gasteiger partial charge in [0.25, 0.3) is 0 Å². The van der Waals surface area contributed by atoms with Gasteiger partial charge in [-0.15, -0.1) is 0 Å². The Hall–Kier alpha value is -2.24. The van der Waals surface area contributed by atoms with Gasteiger partial charge in [0.15, 0.2) is 0 Å². The Kier molecular flexibility index (Phi) is 5.23. The number of fused-ring (bicyclic) bond motifs is 1. The van der Waals surface area contributed by atoms with E-state index in [4.69, 9.17) is 9.47 Å². The van der Waals surface area contributed by atoms with Crippen molar-refractivity contribution in [3.05, 3.63) is 53.6 Å². The lowest BCUT2D eigenvalue weighted by Gasteiger charge is -2.37. The number of β-amino-alcohol motifs (C(OH)–C–C–N with tert-alkyl or cyclic N) is 1. The van der Waals surface area contributed by atoms with Crippen LogP contribution >= 0.6 is 0 Å². The van der Waals surface area contributed by atoms with Crippen LogP contribution in [0.25, 0.3) is 0 Å². The summed E-state index contributed by atoms with van der Waals surface area (Å²) < 4.78 is 11.1. The van der Waals surface area contributed by atoms with Crippen LogP contribution in [0.3, 0.4) is 0 Å². The van der Waals surface area contributed by atoms with E-state index < -0.39 is 6.10 Å². The quantitative estimate of drug-likeness (QED) is 0.879. The van der Waals surface area contributed by atoms with E-state index >= 15 is 0 Å². The molecule has 2 aromatic rings. The first-order chi connectivity index (χ1) is 13.1. The summed E-state index contributed by atoms with van der Waals surface area (Å²) in [6.45, 7) is 6.54. The lowest BCUT2D eigenvalue weighted by Crippen LogP contribution is -2.47. The third kappa shape index (κ3) is 4.04. The predicted molar refractivity (Wildman–Crippen MR) is 107 cm³/mol. The van der Waals surface area contributed by atoms with Crippen LogP contribution in [0.5, 0.6) is 11.5 Å². The molecule has 2 aliphatic rings. The molecule has 0 aliphatic carbocycles. The van der Waals surface area contributed by atoms with Gasteiger partial charge in [-0.1, -0.05) is 12.1 Å². The highest BCUT2D eigenvalue weighted by atomic mass is 16.5. The number of aliphatic hydroxyl groups is 1. The summed E-state index contributed by atoms with van der Waals surface area (Å²) in [6, 6.07) is 14.3. The van der Waals surface area contributed by atoms with E-state index in [0.29, 0.717) is 6.54 Å². The first-order valence-corrected chi connectivity index (χ1v) is 9.71. The van der Waals surface area contributed by atoms with Crippen molar-refractivity contribution in [2.75, 3.05) is 44.7 Å². The van der Waals surface area contributed by atoms with Crippen molar-refractivity contribution in [2.45, 2.75) is 25.6 Å². The fraction of sp³-hybridized carbons (Fsp3) is 0.455. The predicted octanol–water partition coefficient (Wildman–Crippen LogP) is 2.87. The summed E-state index contributed by atoms with van der Waals surface area (Å²) in [5, 5.41) is 10.7. The highest BCUT2D eigenvalue weighted by Gasteiger charge is 2.23. The summed E-state index contributed by atoms with van der Waals surface area (Å²) in [6.07, 6.45) is 0.696. The second-order valence-corrected chi connectivity index (χ2v) is 7.50. The molecule has 0 radical (unpaired) electrons. The number of aliphatic hydroxyl groups excluding tert-OH is 1. The number of anilines is 1. The molecule has 1 N–H and O–H groups in total. The number of ether oxygens (including phenoxy) is 2. The standard InChI is InChI=1S/C22H28N2O3/c1-16-12-18-13-17(6-7-22(18)27-16)21(25)15-23-8-10-24(11-9-23)19-4-3-5-20(14-19)26-2/h3-7,13-14,16,21,25H,8-12,15H2,1-2H3/t16-,21+/m0/s1. The topological polar surface area (TPSA) is 45.2 Å². The Labute approximate surface area is 161 Å². The number of methoxy groups -OCH3 is 1.